The maximum atomic E-state index is 12.5. The second-order valence-electron chi connectivity index (χ2n) is 4.94. The van der Waals surface area contributed by atoms with Gasteiger partial charge in [0.25, 0.3) is 5.91 Å². The van der Waals surface area contributed by atoms with Crippen LogP contribution in [0.2, 0.25) is 0 Å². The normalized spacial score (nSPS) is 12.3. The summed E-state index contributed by atoms with van der Waals surface area (Å²) in [4.78, 5) is 22.8. The van der Waals surface area contributed by atoms with Crippen molar-refractivity contribution in [2.24, 2.45) is 11.7 Å². The van der Waals surface area contributed by atoms with Crippen LogP contribution in [0.3, 0.4) is 0 Å². The van der Waals surface area contributed by atoms with Crippen molar-refractivity contribution in [2.75, 3.05) is 19.6 Å². The van der Waals surface area contributed by atoms with Crippen molar-refractivity contribution in [3.8, 4) is 0 Å². The smallest absolute Gasteiger partial charge is 0.253 e. The van der Waals surface area contributed by atoms with Crippen molar-refractivity contribution in [3.63, 3.8) is 0 Å². The van der Waals surface area contributed by atoms with Crippen LogP contribution in [0.25, 0.3) is 11.0 Å². The molecule has 1 aromatic carbocycles. The summed E-state index contributed by atoms with van der Waals surface area (Å²) < 4.78 is 0. The first-order valence-electron chi connectivity index (χ1n) is 6.85. The van der Waals surface area contributed by atoms with Crippen molar-refractivity contribution in [1.29, 1.82) is 0 Å². The molecular weight excluding hydrogens is 252 g/mol. The molecule has 0 saturated heterocycles. The van der Waals surface area contributed by atoms with Crippen LogP contribution in [0.1, 0.15) is 24.2 Å². The van der Waals surface area contributed by atoms with Crippen LogP contribution in [0, 0.1) is 5.92 Å². The van der Waals surface area contributed by atoms with E-state index in [0.29, 0.717) is 31.1 Å². The van der Waals surface area contributed by atoms with Crippen LogP contribution in [0.5, 0.6) is 0 Å². The highest BCUT2D eigenvalue weighted by atomic mass is 16.2. The Morgan fingerprint density at radius 2 is 2.00 bits per heavy atom. The quantitative estimate of drug-likeness (QED) is 0.899. The van der Waals surface area contributed by atoms with Gasteiger partial charge in [0.2, 0.25) is 0 Å². The van der Waals surface area contributed by atoms with Crippen LogP contribution in [-0.4, -0.2) is 40.4 Å². The minimum Gasteiger partial charge on any atom is -0.339 e. The molecule has 20 heavy (non-hydrogen) atoms. The monoisotopic (exact) mass is 272 g/mol. The highest BCUT2D eigenvalue weighted by Crippen LogP contribution is 2.13. The zero-order valence-corrected chi connectivity index (χ0v) is 11.9. The molecule has 2 aromatic rings. The van der Waals surface area contributed by atoms with E-state index < -0.39 is 0 Å². The fourth-order valence-electron chi connectivity index (χ4n) is 2.09. The van der Waals surface area contributed by atoms with E-state index in [9.17, 15) is 4.79 Å². The van der Waals surface area contributed by atoms with E-state index in [1.165, 1.54) is 0 Å². The molecule has 1 amide bonds. The van der Waals surface area contributed by atoms with Crippen molar-refractivity contribution in [3.05, 3.63) is 36.2 Å². The minimum atomic E-state index is 0.0142. The summed E-state index contributed by atoms with van der Waals surface area (Å²) in [5.74, 6) is 0.305. The van der Waals surface area contributed by atoms with Gasteiger partial charge in [-0.25, -0.2) is 0 Å². The number of fused-ring (bicyclic) bond motifs is 1. The lowest BCUT2D eigenvalue weighted by Gasteiger charge is -2.24. The van der Waals surface area contributed by atoms with E-state index in [1.54, 1.807) is 24.5 Å². The predicted octanol–water partition coefficient (Wildman–Crippen LogP) is 1.69. The largest absolute Gasteiger partial charge is 0.339 e. The van der Waals surface area contributed by atoms with Gasteiger partial charge < -0.3 is 10.6 Å². The Morgan fingerprint density at radius 1 is 1.30 bits per heavy atom. The molecule has 0 saturated carbocycles. The Balaban J connectivity index is 2.24. The molecule has 0 aliphatic heterocycles. The predicted molar refractivity (Wildman–Crippen MR) is 79.3 cm³/mol. The molecule has 2 N–H and O–H groups in total. The first-order chi connectivity index (χ1) is 9.65. The fraction of sp³-hybridized carbons (Fsp3) is 0.400. The molecule has 0 fully saturated rings. The Hall–Kier alpha value is -2.01. The highest BCUT2D eigenvalue weighted by molar-refractivity contribution is 5.97. The summed E-state index contributed by atoms with van der Waals surface area (Å²) >= 11 is 0. The molecule has 0 bridgehead atoms. The van der Waals surface area contributed by atoms with E-state index in [-0.39, 0.29) is 5.91 Å². The Labute approximate surface area is 118 Å². The van der Waals surface area contributed by atoms with Gasteiger partial charge in [0, 0.05) is 31.0 Å². The lowest BCUT2D eigenvalue weighted by molar-refractivity contribution is 0.0744. The van der Waals surface area contributed by atoms with Crippen LogP contribution in [0.4, 0.5) is 0 Å². The van der Waals surface area contributed by atoms with Crippen LogP contribution in [0.15, 0.2) is 30.6 Å². The summed E-state index contributed by atoms with van der Waals surface area (Å²) in [6, 6.07) is 5.42. The third kappa shape index (κ3) is 3.11. The summed E-state index contributed by atoms with van der Waals surface area (Å²) in [5.41, 5.74) is 7.81. The van der Waals surface area contributed by atoms with Crippen molar-refractivity contribution in [2.45, 2.75) is 13.8 Å². The number of carbonyl (C=O) groups excluding carboxylic acids is 1. The molecule has 1 unspecified atom stereocenters. The molecule has 0 aliphatic rings. The lowest BCUT2D eigenvalue weighted by Crippen LogP contribution is -2.36. The molecule has 5 heteroatoms. The second kappa shape index (κ2) is 6.43. The number of carbonyl (C=O) groups is 1. The van der Waals surface area contributed by atoms with Gasteiger partial charge in [0.1, 0.15) is 0 Å². The summed E-state index contributed by atoms with van der Waals surface area (Å²) in [5, 5.41) is 0. The number of benzene rings is 1. The Morgan fingerprint density at radius 3 is 2.65 bits per heavy atom. The topological polar surface area (TPSA) is 72.1 Å². The molecule has 1 aromatic heterocycles. The van der Waals surface area contributed by atoms with Gasteiger partial charge in [-0.3, -0.25) is 14.8 Å². The van der Waals surface area contributed by atoms with E-state index in [2.05, 4.69) is 9.97 Å². The van der Waals surface area contributed by atoms with E-state index in [4.69, 9.17) is 5.73 Å². The van der Waals surface area contributed by atoms with Gasteiger partial charge in [-0.15, -0.1) is 0 Å². The third-order valence-corrected chi connectivity index (χ3v) is 3.32. The minimum absolute atomic E-state index is 0.0142. The SMILES string of the molecule is CCN(CC(C)CN)C(=O)c1ccc2nccnc2c1. The molecular formula is C15H20N4O. The van der Waals surface area contributed by atoms with Crippen LogP contribution < -0.4 is 5.73 Å². The maximum absolute atomic E-state index is 12.5. The van der Waals surface area contributed by atoms with Crippen LogP contribution >= 0.6 is 0 Å². The van der Waals surface area contributed by atoms with E-state index in [0.717, 1.165) is 11.0 Å². The van der Waals surface area contributed by atoms with Gasteiger partial charge in [-0.1, -0.05) is 6.92 Å². The summed E-state index contributed by atoms with van der Waals surface area (Å²) in [7, 11) is 0. The number of rotatable bonds is 5. The van der Waals surface area contributed by atoms with Crippen molar-refractivity contribution in [1.82, 2.24) is 14.9 Å². The highest BCUT2D eigenvalue weighted by Gasteiger charge is 2.16. The number of nitrogens with zero attached hydrogens (tertiary/aromatic N) is 3. The first-order valence-corrected chi connectivity index (χ1v) is 6.85. The average molecular weight is 272 g/mol. The zero-order chi connectivity index (χ0) is 14.5. The molecule has 1 atom stereocenters. The fourth-order valence-corrected chi connectivity index (χ4v) is 2.09. The van der Waals surface area contributed by atoms with Gasteiger partial charge >= 0.3 is 0 Å². The number of nitrogens with two attached hydrogens (primary N) is 1. The van der Waals surface area contributed by atoms with Gasteiger partial charge in [-0.2, -0.15) is 0 Å². The molecule has 2 rings (SSSR count). The summed E-state index contributed by atoms with van der Waals surface area (Å²) in [6.45, 7) is 5.93. The molecule has 0 spiro atoms. The number of aromatic nitrogens is 2. The van der Waals surface area contributed by atoms with E-state index in [1.807, 2.05) is 24.8 Å². The standard InChI is InChI=1S/C15H20N4O/c1-3-19(10-11(2)9-16)15(20)12-4-5-13-14(8-12)18-7-6-17-13/h4-8,11H,3,9-10,16H2,1-2H3. The van der Waals surface area contributed by atoms with E-state index >= 15 is 0 Å². The van der Waals surface area contributed by atoms with Crippen molar-refractivity contribution >= 4 is 16.9 Å². The molecule has 1 heterocycles. The maximum Gasteiger partial charge on any atom is 0.253 e. The molecule has 0 aliphatic carbocycles. The molecule has 0 radical (unpaired) electrons. The van der Waals surface area contributed by atoms with Crippen LogP contribution in [-0.2, 0) is 0 Å². The van der Waals surface area contributed by atoms with Crippen molar-refractivity contribution < 1.29 is 4.79 Å². The number of hydrogen-bond acceptors (Lipinski definition) is 4. The molecule has 106 valence electrons. The average Bonchev–Trinajstić information content (AvgIpc) is 2.51. The zero-order valence-electron chi connectivity index (χ0n) is 11.9. The first kappa shape index (κ1) is 14.4. The lowest BCUT2D eigenvalue weighted by atomic mass is 10.1. The van der Waals surface area contributed by atoms with Gasteiger partial charge in [-0.05, 0) is 37.6 Å². The molecule has 5 nitrogen and oxygen atoms in total. The Bertz CT molecular complexity index is 599. The second-order valence-corrected chi connectivity index (χ2v) is 4.94. The van der Waals surface area contributed by atoms with Gasteiger partial charge in [0.05, 0.1) is 11.0 Å². The summed E-state index contributed by atoms with van der Waals surface area (Å²) in [6.07, 6.45) is 3.27. The number of amides is 1. The number of hydrogen-bond donors (Lipinski definition) is 1. The third-order valence-electron chi connectivity index (χ3n) is 3.32. The van der Waals surface area contributed by atoms with Gasteiger partial charge in [0.15, 0.2) is 0 Å². The Kier molecular flexibility index (Phi) is 4.63.